The van der Waals surface area contributed by atoms with Crippen LogP contribution in [-0.2, 0) is 6.54 Å². The Bertz CT molecular complexity index is 622. The van der Waals surface area contributed by atoms with E-state index in [0.717, 1.165) is 5.52 Å². The monoisotopic (exact) mass is 213 g/mol. The fraction of sp³-hybridized carbons (Fsp3) is 0.0909. The summed E-state index contributed by atoms with van der Waals surface area (Å²) in [5.74, 6) is 0.305. The second-order valence-electron chi connectivity index (χ2n) is 3.66. The Morgan fingerprint density at radius 2 is 2.19 bits per heavy atom. The summed E-state index contributed by atoms with van der Waals surface area (Å²) < 4.78 is 1.73. The number of nitrogens with one attached hydrogen (secondary N) is 1. The van der Waals surface area contributed by atoms with Crippen molar-refractivity contribution in [3.05, 3.63) is 42.4 Å². The van der Waals surface area contributed by atoms with Crippen LogP contribution in [0.2, 0.25) is 0 Å². The number of anilines is 1. The molecule has 1 aromatic carbocycles. The first-order chi connectivity index (χ1) is 7.83. The largest absolute Gasteiger partial charge is 0.367 e. The summed E-state index contributed by atoms with van der Waals surface area (Å²) in [6, 6.07) is 8.17. The Kier molecular flexibility index (Phi) is 1.89. The molecule has 0 unspecified atom stereocenters. The smallest absolute Gasteiger partial charge is 0.239 e. The number of H-pyrrole nitrogens is 1. The highest BCUT2D eigenvalue weighted by atomic mass is 15.4. The molecule has 0 aliphatic heterocycles. The minimum atomic E-state index is 0.305. The number of para-hydroxylation sites is 1. The molecule has 0 bridgehead atoms. The number of rotatable bonds is 2. The molecule has 80 valence electrons. The van der Waals surface area contributed by atoms with Gasteiger partial charge in [-0.05, 0) is 11.6 Å². The van der Waals surface area contributed by atoms with E-state index in [-0.39, 0.29) is 0 Å². The van der Waals surface area contributed by atoms with Gasteiger partial charge in [0.05, 0.1) is 6.54 Å². The van der Waals surface area contributed by atoms with E-state index < -0.39 is 0 Å². The van der Waals surface area contributed by atoms with Crippen LogP contribution in [0.25, 0.3) is 10.9 Å². The number of hydrogen-bond acceptors (Lipinski definition) is 3. The highest BCUT2D eigenvalue weighted by molar-refractivity contribution is 5.82. The van der Waals surface area contributed by atoms with Crippen molar-refractivity contribution in [2.45, 2.75) is 6.54 Å². The van der Waals surface area contributed by atoms with E-state index in [1.807, 2.05) is 18.3 Å². The normalized spacial score (nSPS) is 11.0. The number of aromatic amines is 1. The van der Waals surface area contributed by atoms with Crippen LogP contribution in [0.5, 0.6) is 0 Å². The lowest BCUT2D eigenvalue weighted by atomic mass is 10.2. The van der Waals surface area contributed by atoms with Gasteiger partial charge in [0.2, 0.25) is 5.95 Å². The van der Waals surface area contributed by atoms with Crippen molar-refractivity contribution in [1.29, 1.82) is 0 Å². The molecule has 0 saturated carbocycles. The van der Waals surface area contributed by atoms with E-state index in [1.54, 1.807) is 11.0 Å². The Labute approximate surface area is 91.9 Å². The van der Waals surface area contributed by atoms with Crippen molar-refractivity contribution in [3.63, 3.8) is 0 Å². The number of benzene rings is 1. The zero-order chi connectivity index (χ0) is 11.0. The Balaban J connectivity index is 2.00. The molecule has 0 fully saturated rings. The van der Waals surface area contributed by atoms with E-state index in [1.165, 1.54) is 10.9 Å². The zero-order valence-corrected chi connectivity index (χ0v) is 8.59. The van der Waals surface area contributed by atoms with Gasteiger partial charge in [0, 0.05) is 17.1 Å². The molecule has 16 heavy (non-hydrogen) atoms. The second kappa shape index (κ2) is 3.37. The predicted molar refractivity (Wildman–Crippen MR) is 61.8 cm³/mol. The van der Waals surface area contributed by atoms with Crippen LogP contribution in [0.3, 0.4) is 0 Å². The molecule has 5 heteroatoms. The molecular weight excluding hydrogens is 202 g/mol. The summed E-state index contributed by atoms with van der Waals surface area (Å²) in [7, 11) is 0. The molecule has 0 saturated heterocycles. The molecule has 2 aromatic heterocycles. The van der Waals surface area contributed by atoms with Gasteiger partial charge in [-0.1, -0.05) is 18.2 Å². The lowest BCUT2D eigenvalue weighted by Gasteiger charge is -1.98. The summed E-state index contributed by atoms with van der Waals surface area (Å²) in [5, 5.41) is 5.27. The average Bonchev–Trinajstić information content (AvgIpc) is 2.87. The minimum Gasteiger partial charge on any atom is -0.367 e. The molecule has 0 atom stereocenters. The number of nitrogen functional groups attached to an aromatic ring is 1. The lowest BCUT2D eigenvalue weighted by molar-refractivity contribution is 0.691. The van der Waals surface area contributed by atoms with Crippen LogP contribution in [0.4, 0.5) is 5.95 Å². The van der Waals surface area contributed by atoms with Gasteiger partial charge in [0.1, 0.15) is 6.33 Å². The van der Waals surface area contributed by atoms with Gasteiger partial charge in [-0.25, -0.2) is 9.67 Å². The molecule has 0 radical (unpaired) electrons. The van der Waals surface area contributed by atoms with Crippen molar-refractivity contribution in [3.8, 4) is 0 Å². The third-order valence-corrected chi connectivity index (χ3v) is 2.56. The minimum absolute atomic E-state index is 0.305. The molecule has 3 rings (SSSR count). The van der Waals surface area contributed by atoms with Crippen LogP contribution in [0, 0.1) is 0 Å². The maximum atomic E-state index is 5.47. The lowest BCUT2D eigenvalue weighted by Crippen LogP contribution is -2.00. The van der Waals surface area contributed by atoms with Crippen molar-refractivity contribution < 1.29 is 0 Å². The summed E-state index contributed by atoms with van der Waals surface area (Å²) in [5.41, 5.74) is 7.78. The van der Waals surface area contributed by atoms with Crippen molar-refractivity contribution >= 4 is 16.9 Å². The molecule has 0 aliphatic carbocycles. The summed E-state index contributed by atoms with van der Waals surface area (Å²) in [6.45, 7) is 0.675. The standard InChI is InChI=1S/C11H11N5/c12-11-14-7-16(15-11)6-8-5-13-10-4-2-1-3-9(8)10/h1-5,7,13H,6H2,(H2,12,15). The van der Waals surface area contributed by atoms with E-state index in [2.05, 4.69) is 27.2 Å². The fourth-order valence-electron chi connectivity index (χ4n) is 1.82. The van der Waals surface area contributed by atoms with Gasteiger partial charge >= 0.3 is 0 Å². The molecule has 3 N–H and O–H groups in total. The van der Waals surface area contributed by atoms with Gasteiger partial charge in [0.15, 0.2) is 0 Å². The van der Waals surface area contributed by atoms with Crippen LogP contribution >= 0.6 is 0 Å². The number of fused-ring (bicyclic) bond motifs is 1. The van der Waals surface area contributed by atoms with Crippen LogP contribution < -0.4 is 5.73 Å². The molecule has 0 aliphatic rings. The van der Waals surface area contributed by atoms with E-state index in [4.69, 9.17) is 5.73 Å². The highest BCUT2D eigenvalue weighted by Crippen LogP contribution is 2.18. The van der Waals surface area contributed by atoms with Crippen LogP contribution in [0.1, 0.15) is 5.56 Å². The number of hydrogen-bond donors (Lipinski definition) is 2. The molecule has 3 aromatic rings. The number of nitrogens with two attached hydrogens (primary N) is 1. The fourth-order valence-corrected chi connectivity index (χ4v) is 1.82. The Morgan fingerprint density at radius 3 is 3.00 bits per heavy atom. The Hall–Kier alpha value is -2.30. The summed E-state index contributed by atoms with van der Waals surface area (Å²) >= 11 is 0. The van der Waals surface area contributed by atoms with Crippen LogP contribution in [0.15, 0.2) is 36.8 Å². The zero-order valence-electron chi connectivity index (χ0n) is 8.59. The predicted octanol–water partition coefficient (Wildman–Crippen LogP) is 1.39. The van der Waals surface area contributed by atoms with Gasteiger partial charge < -0.3 is 10.7 Å². The first-order valence-corrected chi connectivity index (χ1v) is 5.03. The second-order valence-corrected chi connectivity index (χ2v) is 3.66. The van der Waals surface area contributed by atoms with E-state index >= 15 is 0 Å². The summed E-state index contributed by atoms with van der Waals surface area (Å²) in [6.07, 6.45) is 3.62. The SMILES string of the molecule is Nc1ncn(Cc2c[nH]c3ccccc23)n1. The molecular formula is C11H11N5. The van der Waals surface area contributed by atoms with Crippen molar-refractivity contribution in [1.82, 2.24) is 19.7 Å². The van der Waals surface area contributed by atoms with Gasteiger partial charge in [0.25, 0.3) is 0 Å². The van der Waals surface area contributed by atoms with Gasteiger partial charge in [-0.15, -0.1) is 5.10 Å². The van der Waals surface area contributed by atoms with E-state index in [9.17, 15) is 0 Å². The van der Waals surface area contributed by atoms with Crippen LogP contribution in [-0.4, -0.2) is 19.7 Å². The average molecular weight is 213 g/mol. The third kappa shape index (κ3) is 1.42. The van der Waals surface area contributed by atoms with Gasteiger partial charge in [-0.3, -0.25) is 0 Å². The quantitative estimate of drug-likeness (QED) is 0.675. The first-order valence-electron chi connectivity index (χ1n) is 5.03. The highest BCUT2D eigenvalue weighted by Gasteiger charge is 2.04. The number of nitrogens with zero attached hydrogens (tertiary/aromatic N) is 3. The van der Waals surface area contributed by atoms with Crippen molar-refractivity contribution in [2.24, 2.45) is 0 Å². The first kappa shape index (κ1) is 8.96. The third-order valence-electron chi connectivity index (χ3n) is 2.56. The molecule has 5 nitrogen and oxygen atoms in total. The maximum Gasteiger partial charge on any atom is 0.239 e. The molecule has 0 spiro atoms. The maximum absolute atomic E-state index is 5.47. The summed E-state index contributed by atoms with van der Waals surface area (Å²) in [4.78, 5) is 7.12. The number of aromatic nitrogens is 4. The molecule has 0 amide bonds. The van der Waals surface area contributed by atoms with Crippen molar-refractivity contribution in [2.75, 3.05) is 5.73 Å². The molecule has 2 heterocycles. The topological polar surface area (TPSA) is 72.5 Å². The van der Waals surface area contributed by atoms with E-state index in [0.29, 0.717) is 12.5 Å². The Morgan fingerprint density at radius 1 is 1.31 bits per heavy atom. The van der Waals surface area contributed by atoms with Gasteiger partial charge in [-0.2, -0.15) is 0 Å².